The van der Waals surface area contributed by atoms with Gasteiger partial charge in [0.25, 0.3) is 0 Å². The SMILES string of the molecule is Cc1nc(Nc2cccc(F)c2)cc(Nc2cc(Cl)ccc2C)n1. The van der Waals surface area contributed by atoms with Crippen LogP contribution in [0.1, 0.15) is 11.4 Å². The first-order valence-corrected chi connectivity index (χ1v) is 7.79. The molecule has 0 fully saturated rings. The maximum absolute atomic E-state index is 13.3. The molecule has 0 bridgehead atoms. The van der Waals surface area contributed by atoms with Crippen molar-refractivity contribution in [1.29, 1.82) is 0 Å². The highest BCUT2D eigenvalue weighted by atomic mass is 35.5. The molecule has 2 N–H and O–H groups in total. The number of halogens is 2. The summed E-state index contributed by atoms with van der Waals surface area (Å²) in [6.07, 6.45) is 0. The molecule has 0 aliphatic rings. The van der Waals surface area contributed by atoms with Crippen LogP contribution in [0, 0.1) is 19.7 Å². The van der Waals surface area contributed by atoms with Crippen molar-refractivity contribution >= 4 is 34.6 Å². The highest BCUT2D eigenvalue weighted by Gasteiger charge is 2.06. The van der Waals surface area contributed by atoms with Crippen molar-refractivity contribution in [3.05, 3.63) is 70.8 Å². The van der Waals surface area contributed by atoms with Crippen molar-refractivity contribution in [2.75, 3.05) is 10.6 Å². The van der Waals surface area contributed by atoms with Crippen LogP contribution in [0.3, 0.4) is 0 Å². The summed E-state index contributed by atoms with van der Waals surface area (Å²) in [5.41, 5.74) is 2.55. The first kappa shape index (κ1) is 16.2. The normalized spacial score (nSPS) is 10.5. The zero-order valence-corrected chi connectivity index (χ0v) is 14.0. The van der Waals surface area contributed by atoms with Crippen LogP contribution in [-0.4, -0.2) is 9.97 Å². The molecule has 0 saturated heterocycles. The predicted octanol–water partition coefficient (Wildman–Crippen LogP) is 5.37. The Morgan fingerprint density at radius 2 is 1.67 bits per heavy atom. The monoisotopic (exact) mass is 342 g/mol. The van der Waals surface area contributed by atoms with Gasteiger partial charge in [-0.25, -0.2) is 14.4 Å². The van der Waals surface area contributed by atoms with Gasteiger partial charge in [-0.1, -0.05) is 23.7 Å². The first-order valence-electron chi connectivity index (χ1n) is 7.41. The Bertz CT molecular complexity index is 883. The summed E-state index contributed by atoms with van der Waals surface area (Å²) in [4.78, 5) is 8.71. The molecule has 4 nitrogen and oxygen atoms in total. The van der Waals surface area contributed by atoms with E-state index in [1.807, 2.05) is 25.1 Å². The molecule has 0 unspecified atom stereocenters. The van der Waals surface area contributed by atoms with E-state index in [-0.39, 0.29) is 5.82 Å². The van der Waals surface area contributed by atoms with E-state index in [9.17, 15) is 4.39 Å². The minimum absolute atomic E-state index is 0.307. The smallest absolute Gasteiger partial charge is 0.136 e. The van der Waals surface area contributed by atoms with E-state index in [1.165, 1.54) is 12.1 Å². The average molecular weight is 343 g/mol. The van der Waals surface area contributed by atoms with Gasteiger partial charge in [0.05, 0.1) is 0 Å². The van der Waals surface area contributed by atoms with E-state index in [0.29, 0.717) is 28.2 Å². The summed E-state index contributed by atoms with van der Waals surface area (Å²) in [5.74, 6) is 1.50. The second kappa shape index (κ2) is 6.84. The van der Waals surface area contributed by atoms with Gasteiger partial charge >= 0.3 is 0 Å². The molecule has 24 heavy (non-hydrogen) atoms. The summed E-state index contributed by atoms with van der Waals surface area (Å²) in [6, 6.07) is 13.6. The number of hydrogen-bond acceptors (Lipinski definition) is 4. The Balaban J connectivity index is 1.87. The van der Waals surface area contributed by atoms with Crippen LogP contribution < -0.4 is 10.6 Å². The number of rotatable bonds is 4. The van der Waals surface area contributed by atoms with E-state index >= 15 is 0 Å². The van der Waals surface area contributed by atoms with Gasteiger partial charge in [-0.05, 0) is 49.7 Å². The average Bonchev–Trinajstić information content (AvgIpc) is 2.50. The molecule has 0 radical (unpaired) electrons. The van der Waals surface area contributed by atoms with Crippen molar-refractivity contribution in [3.8, 4) is 0 Å². The molecule has 3 rings (SSSR count). The molecule has 3 aromatic rings. The van der Waals surface area contributed by atoms with Crippen molar-refractivity contribution in [2.45, 2.75) is 13.8 Å². The largest absolute Gasteiger partial charge is 0.340 e. The third-order valence-electron chi connectivity index (χ3n) is 3.40. The Morgan fingerprint density at radius 1 is 0.917 bits per heavy atom. The van der Waals surface area contributed by atoms with Gasteiger partial charge in [-0.2, -0.15) is 0 Å². The van der Waals surface area contributed by atoms with Gasteiger partial charge in [-0.15, -0.1) is 0 Å². The van der Waals surface area contributed by atoms with Gasteiger partial charge < -0.3 is 10.6 Å². The molecule has 122 valence electrons. The number of nitrogens with one attached hydrogen (secondary N) is 2. The third-order valence-corrected chi connectivity index (χ3v) is 3.63. The van der Waals surface area contributed by atoms with Gasteiger partial charge in [0.2, 0.25) is 0 Å². The molecule has 0 amide bonds. The lowest BCUT2D eigenvalue weighted by molar-refractivity contribution is 0.628. The van der Waals surface area contributed by atoms with E-state index in [4.69, 9.17) is 11.6 Å². The molecular formula is C18H16ClFN4. The first-order chi connectivity index (χ1) is 11.5. The molecule has 1 aromatic heterocycles. The summed E-state index contributed by atoms with van der Waals surface area (Å²) in [5, 5.41) is 6.97. The highest BCUT2D eigenvalue weighted by Crippen LogP contribution is 2.25. The zero-order valence-electron chi connectivity index (χ0n) is 13.3. The minimum atomic E-state index is -0.307. The van der Waals surface area contributed by atoms with Crippen LogP contribution in [0.15, 0.2) is 48.5 Å². The van der Waals surface area contributed by atoms with Crippen molar-refractivity contribution in [3.63, 3.8) is 0 Å². The zero-order chi connectivity index (χ0) is 17.1. The molecule has 6 heteroatoms. The summed E-state index contributed by atoms with van der Waals surface area (Å²) in [6.45, 7) is 3.78. The number of hydrogen-bond donors (Lipinski definition) is 2. The maximum Gasteiger partial charge on any atom is 0.136 e. The molecule has 0 saturated carbocycles. The molecular weight excluding hydrogens is 327 g/mol. The van der Waals surface area contributed by atoms with Gasteiger partial charge in [-0.3, -0.25) is 0 Å². The standard InChI is InChI=1S/C18H16ClFN4/c1-11-6-7-13(19)8-16(11)24-18-10-17(21-12(2)22-18)23-15-5-3-4-14(20)9-15/h3-10H,1-2H3,(H2,21,22,23,24). The number of aryl methyl sites for hydroxylation is 2. The topological polar surface area (TPSA) is 49.8 Å². The minimum Gasteiger partial charge on any atom is -0.340 e. The molecule has 0 aliphatic heterocycles. The van der Waals surface area contributed by atoms with Crippen molar-refractivity contribution < 1.29 is 4.39 Å². The van der Waals surface area contributed by atoms with Gasteiger partial charge in [0, 0.05) is 22.5 Å². The lowest BCUT2D eigenvalue weighted by Gasteiger charge is -2.12. The second-order valence-electron chi connectivity index (χ2n) is 5.41. The molecule has 0 aliphatic carbocycles. The summed E-state index contributed by atoms with van der Waals surface area (Å²) >= 11 is 6.05. The molecule has 2 aromatic carbocycles. The van der Waals surface area contributed by atoms with E-state index in [0.717, 1.165) is 11.3 Å². The lowest BCUT2D eigenvalue weighted by atomic mass is 10.2. The Labute approximate surface area is 144 Å². The molecule has 1 heterocycles. The number of aromatic nitrogens is 2. The Hall–Kier alpha value is -2.66. The number of benzene rings is 2. The Morgan fingerprint density at radius 3 is 2.42 bits per heavy atom. The van der Waals surface area contributed by atoms with E-state index < -0.39 is 0 Å². The van der Waals surface area contributed by atoms with Crippen molar-refractivity contribution in [2.24, 2.45) is 0 Å². The lowest BCUT2D eigenvalue weighted by Crippen LogP contribution is -2.02. The van der Waals surface area contributed by atoms with E-state index in [1.54, 1.807) is 25.1 Å². The maximum atomic E-state index is 13.3. The summed E-state index contributed by atoms with van der Waals surface area (Å²) in [7, 11) is 0. The fourth-order valence-corrected chi connectivity index (χ4v) is 2.45. The van der Waals surface area contributed by atoms with Gasteiger partial charge in [0.1, 0.15) is 23.3 Å². The van der Waals surface area contributed by atoms with Crippen molar-refractivity contribution in [1.82, 2.24) is 9.97 Å². The van der Waals surface area contributed by atoms with E-state index in [2.05, 4.69) is 20.6 Å². The van der Waals surface area contributed by atoms with Crippen LogP contribution in [0.2, 0.25) is 5.02 Å². The Kier molecular flexibility index (Phi) is 4.62. The quantitative estimate of drug-likeness (QED) is 0.669. The fourth-order valence-electron chi connectivity index (χ4n) is 2.28. The predicted molar refractivity (Wildman–Crippen MR) is 95.9 cm³/mol. The van der Waals surface area contributed by atoms with Gasteiger partial charge in [0.15, 0.2) is 0 Å². The third kappa shape index (κ3) is 4.00. The van der Waals surface area contributed by atoms with Crippen LogP contribution in [-0.2, 0) is 0 Å². The number of anilines is 4. The van der Waals surface area contributed by atoms with Crippen LogP contribution in [0.5, 0.6) is 0 Å². The summed E-state index contributed by atoms with van der Waals surface area (Å²) < 4.78 is 13.3. The fraction of sp³-hybridized carbons (Fsp3) is 0.111. The molecule has 0 atom stereocenters. The molecule has 0 spiro atoms. The van der Waals surface area contributed by atoms with Crippen LogP contribution in [0.25, 0.3) is 0 Å². The second-order valence-corrected chi connectivity index (χ2v) is 5.84. The number of nitrogens with zero attached hydrogens (tertiary/aromatic N) is 2. The van der Waals surface area contributed by atoms with Crippen LogP contribution in [0.4, 0.5) is 27.4 Å². The van der Waals surface area contributed by atoms with Crippen LogP contribution >= 0.6 is 11.6 Å². The highest BCUT2D eigenvalue weighted by molar-refractivity contribution is 6.30.